The molecule has 2 N–H and O–H groups in total. The van der Waals surface area contributed by atoms with Gasteiger partial charge in [0.2, 0.25) is 0 Å². The molecule has 1 aromatic rings. The first-order valence-electron chi connectivity index (χ1n) is 6.82. The third-order valence-corrected chi connectivity index (χ3v) is 4.49. The van der Waals surface area contributed by atoms with Crippen molar-refractivity contribution in [2.75, 3.05) is 18.1 Å². The van der Waals surface area contributed by atoms with Crippen LogP contribution in [0, 0.1) is 0 Å². The van der Waals surface area contributed by atoms with Gasteiger partial charge in [0, 0.05) is 17.1 Å². The van der Waals surface area contributed by atoms with Gasteiger partial charge in [-0.1, -0.05) is 25.7 Å². The summed E-state index contributed by atoms with van der Waals surface area (Å²) in [6, 6.07) is 8.41. The van der Waals surface area contributed by atoms with Crippen LogP contribution in [0.1, 0.15) is 38.5 Å². The maximum absolute atomic E-state index is 10.5. The molecule has 0 spiro atoms. The van der Waals surface area contributed by atoms with Crippen LogP contribution in [0.2, 0.25) is 0 Å². The molecule has 0 radical (unpaired) electrons. The maximum atomic E-state index is 10.5. The smallest absolute Gasteiger partial charge is 0.0819 e. The average molecular weight is 265 g/mol. The van der Waals surface area contributed by atoms with Crippen molar-refractivity contribution in [1.29, 1.82) is 0 Å². The van der Waals surface area contributed by atoms with Crippen molar-refractivity contribution >= 4 is 17.4 Å². The Morgan fingerprint density at radius 3 is 2.28 bits per heavy atom. The largest absolute Gasteiger partial charge is 0.388 e. The summed E-state index contributed by atoms with van der Waals surface area (Å²) in [6.07, 6.45) is 8.80. The second kappa shape index (κ2) is 6.48. The highest BCUT2D eigenvalue weighted by atomic mass is 32.2. The molecule has 0 atom stereocenters. The van der Waals surface area contributed by atoms with E-state index >= 15 is 0 Å². The molecule has 0 aromatic heterocycles. The lowest BCUT2D eigenvalue weighted by atomic mass is 9.94. The number of anilines is 1. The number of rotatable bonds is 4. The van der Waals surface area contributed by atoms with E-state index in [9.17, 15) is 5.11 Å². The SMILES string of the molecule is CSc1ccc(NCC2(O)CCCCCC2)cc1. The number of benzene rings is 1. The van der Waals surface area contributed by atoms with Crippen molar-refractivity contribution < 1.29 is 5.11 Å². The van der Waals surface area contributed by atoms with E-state index in [1.54, 1.807) is 11.8 Å². The lowest BCUT2D eigenvalue weighted by molar-refractivity contribution is 0.0381. The van der Waals surface area contributed by atoms with Gasteiger partial charge in [0.05, 0.1) is 5.60 Å². The summed E-state index contributed by atoms with van der Waals surface area (Å²) in [5.74, 6) is 0. The predicted molar refractivity (Wildman–Crippen MR) is 79.4 cm³/mol. The lowest BCUT2D eigenvalue weighted by Crippen LogP contribution is -2.36. The van der Waals surface area contributed by atoms with Gasteiger partial charge in [-0.2, -0.15) is 0 Å². The number of nitrogens with one attached hydrogen (secondary N) is 1. The van der Waals surface area contributed by atoms with Crippen molar-refractivity contribution in [3.63, 3.8) is 0 Å². The van der Waals surface area contributed by atoms with Gasteiger partial charge < -0.3 is 10.4 Å². The van der Waals surface area contributed by atoms with Crippen LogP contribution in [-0.2, 0) is 0 Å². The first kappa shape index (κ1) is 13.8. The Hall–Kier alpha value is -0.670. The summed E-state index contributed by atoms with van der Waals surface area (Å²) >= 11 is 1.75. The van der Waals surface area contributed by atoms with E-state index in [-0.39, 0.29) is 0 Å². The Balaban J connectivity index is 1.88. The molecule has 0 heterocycles. The van der Waals surface area contributed by atoms with Gasteiger partial charge in [-0.15, -0.1) is 11.8 Å². The summed E-state index contributed by atoms with van der Waals surface area (Å²) in [6.45, 7) is 0.672. The Morgan fingerprint density at radius 1 is 1.11 bits per heavy atom. The summed E-state index contributed by atoms with van der Waals surface area (Å²) < 4.78 is 0. The minimum atomic E-state index is -0.505. The van der Waals surface area contributed by atoms with E-state index in [4.69, 9.17) is 0 Å². The van der Waals surface area contributed by atoms with Crippen molar-refractivity contribution in [2.24, 2.45) is 0 Å². The van der Waals surface area contributed by atoms with Gasteiger partial charge in [0.15, 0.2) is 0 Å². The third-order valence-electron chi connectivity index (χ3n) is 3.75. The molecule has 0 unspecified atom stereocenters. The van der Waals surface area contributed by atoms with Crippen LogP contribution in [0.4, 0.5) is 5.69 Å². The molecule has 1 aliphatic rings. The standard InChI is InChI=1S/C15H23NOS/c1-18-14-8-6-13(7-9-14)16-12-15(17)10-4-2-3-5-11-15/h6-9,16-17H,2-5,10-12H2,1H3. The van der Waals surface area contributed by atoms with E-state index < -0.39 is 5.60 Å². The first-order chi connectivity index (χ1) is 8.72. The Morgan fingerprint density at radius 2 is 1.72 bits per heavy atom. The lowest BCUT2D eigenvalue weighted by Gasteiger charge is -2.27. The second-order valence-electron chi connectivity index (χ2n) is 5.22. The zero-order valence-corrected chi connectivity index (χ0v) is 11.9. The predicted octanol–water partition coefficient (Wildman–Crippen LogP) is 3.91. The van der Waals surface area contributed by atoms with Crippen LogP contribution in [0.15, 0.2) is 29.2 Å². The van der Waals surface area contributed by atoms with Crippen LogP contribution < -0.4 is 5.32 Å². The quantitative estimate of drug-likeness (QED) is 0.639. The van der Waals surface area contributed by atoms with Gasteiger partial charge in [-0.25, -0.2) is 0 Å². The summed E-state index contributed by atoms with van der Waals surface area (Å²) in [5.41, 5.74) is 0.597. The van der Waals surface area contributed by atoms with Crippen LogP contribution in [0.3, 0.4) is 0 Å². The van der Waals surface area contributed by atoms with Gasteiger partial charge in [0.25, 0.3) is 0 Å². The third kappa shape index (κ3) is 3.92. The number of thioether (sulfide) groups is 1. The minimum absolute atomic E-state index is 0.505. The number of hydrogen-bond acceptors (Lipinski definition) is 3. The Labute approximate surface area is 114 Å². The van der Waals surface area contributed by atoms with Gasteiger partial charge in [0.1, 0.15) is 0 Å². The van der Waals surface area contributed by atoms with Crippen LogP contribution in [-0.4, -0.2) is 23.5 Å². The van der Waals surface area contributed by atoms with E-state index in [1.165, 1.54) is 17.7 Å². The van der Waals surface area contributed by atoms with Crippen LogP contribution in [0.5, 0.6) is 0 Å². The fourth-order valence-corrected chi connectivity index (χ4v) is 2.95. The normalized spacial score (nSPS) is 19.2. The van der Waals surface area contributed by atoms with Crippen molar-refractivity contribution in [3.8, 4) is 0 Å². The molecule has 2 rings (SSSR count). The monoisotopic (exact) mass is 265 g/mol. The fourth-order valence-electron chi connectivity index (χ4n) is 2.54. The highest BCUT2D eigenvalue weighted by Gasteiger charge is 2.27. The number of hydrogen-bond donors (Lipinski definition) is 2. The molecule has 0 bridgehead atoms. The Kier molecular flexibility index (Phi) is 4.95. The van der Waals surface area contributed by atoms with E-state index in [0.29, 0.717) is 6.54 Å². The van der Waals surface area contributed by atoms with Crippen LogP contribution >= 0.6 is 11.8 Å². The zero-order valence-electron chi connectivity index (χ0n) is 11.1. The maximum Gasteiger partial charge on any atom is 0.0819 e. The molecule has 1 saturated carbocycles. The van der Waals surface area contributed by atoms with E-state index in [0.717, 1.165) is 31.4 Å². The highest BCUT2D eigenvalue weighted by Crippen LogP contribution is 2.27. The molecule has 2 nitrogen and oxygen atoms in total. The molecule has 0 amide bonds. The molecular formula is C15H23NOS. The molecule has 18 heavy (non-hydrogen) atoms. The summed E-state index contributed by atoms with van der Waals surface area (Å²) in [5, 5.41) is 13.9. The molecule has 1 fully saturated rings. The molecule has 1 aliphatic carbocycles. The van der Waals surface area contributed by atoms with Crippen molar-refractivity contribution in [2.45, 2.75) is 49.0 Å². The fraction of sp³-hybridized carbons (Fsp3) is 0.600. The topological polar surface area (TPSA) is 32.3 Å². The van der Waals surface area contributed by atoms with E-state index in [2.05, 4.69) is 35.8 Å². The van der Waals surface area contributed by atoms with Gasteiger partial charge in [-0.05, 0) is 43.4 Å². The molecular weight excluding hydrogens is 242 g/mol. The summed E-state index contributed by atoms with van der Waals surface area (Å²) in [4.78, 5) is 1.27. The molecule has 3 heteroatoms. The molecule has 100 valence electrons. The Bertz CT molecular complexity index is 355. The highest BCUT2D eigenvalue weighted by molar-refractivity contribution is 7.98. The minimum Gasteiger partial charge on any atom is -0.388 e. The second-order valence-corrected chi connectivity index (χ2v) is 6.10. The zero-order chi connectivity index (χ0) is 12.8. The molecule has 0 aliphatic heterocycles. The first-order valence-corrected chi connectivity index (χ1v) is 8.05. The van der Waals surface area contributed by atoms with Gasteiger partial charge in [-0.3, -0.25) is 0 Å². The molecule has 1 aromatic carbocycles. The summed E-state index contributed by atoms with van der Waals surface area (Å²) in [7, 11) is 0. The van der Waals surface area contributed by atoms with Crippen molar-refractivity contribution in [3.05, 3.63) is 24.3 Å². The van der Waals surface area contributed by atoms with Crippen molar-refractivity contribution in [1.82, 2.24) is 0 Å². The van der Waals surface area contributed by atoms with E-state index in [1.807, 2.05) is 0 Å². The van der Waals surface area contributed by atoms with Gasteiger partial charge >= 0.3 is 0 Å². The van der Waals surface area contributed by atoms with Crippen LogP contribution in [0.25, 0.3) is 0 Å². The average Bonchev–Trinajstić information content (AvgIpc) is 2.62. The number of aliphatic hydroxyl groups is 1. The molecule has 0 saturated heterocycles.